The second-order valence-electron chi connectivity index (χ2n) is 5.70. The zero-order chi connectivity index (χ0) is 15.4. The van der Waals surface area contributed by atoms with Gasteiger partial charge in [-0.3, -0.25) is 4.79 Å². The smallest absolute Gasteiger partial charge is 0.263 e. The summed E-state index contributed by atoms with van der Waals surface area (Å²) in [4.78, 5) is 16.4. The molecule has 3 rings (SSSR count). The van der Waals surface area contributed by atoms with Crippen LogP contribution in [0.15, 0.2) is 42.5 Å². The SMILES string of the molecule is Cc1ccc(C(=O)N2CCC(OCc3ccccc3)CC2)s1. The van der Waals surface area contributed by atoms with E-state index in [1.165, 1.54) is 10.4 Å². The molecule has 22 heavy (non-hydrogen) atoms. The topological polar surface area (TPSA) is 29.5 Å². The van der Waals surface area contributed by atoms with Crippen LogP contribution in [-0.2, 0) is 11.3 Å². The molecule has 1 aromatic heterocycles. The van der Waals surface area contributed by atoms with E-state index in [4.69, 9.17) is 4.74 Å². The van der Waals surface area contributed by atoms with Crippen molar-refractivity contribution in [2.24, 2.45) is 0 Å². The number of rotatable bonds is 4. The summed E-state index contributed by atoms with van der Waals surface area (Å²) < 4.78 is 5.97. The Kier molecular flexibility index (Phi) is 4.90. The highest BCUT2D eigenvalue weighted by molar-refractivity contribution is 7.13. The van der Waals surface area contributed by atoms with Crippen molar-refractivity contribution in [1.82, 2.24) is 4.90 Å². The van der Waals surface area contributed by atoms with Crippen LogP contribution in [0.25, 0.3) is 0 Å². The van der Waals surface area contributed by atoms with Crippen molar-refractivity contribution in [3.8, 4) is 0 Å². The van der Waals surface area contributed by atoms with E-state index in [2.05, 4.69) is 12.1 Å². The van der Waals surface area contributed by atoms with E-state index in [1.807, 2.05) is 42.2 Å². The summed E-state index contributed by atoms with van der Waals surface area (Å²) in [6.45, 7) is 4.26. The van der Waals surface area contributed by atoms with E-state index in [9.17, 15) is 4.79 Å². The molecule has 1 aromatic carbocycles. The third kappa shape index (κ3) is 3.76. The lowest BCUT2D eigenvalue weighted by molar-refractivity contribution is -0.000269. The fourth-order valence-corrected chi connectivity index (χ4v) is 3.55. The highest BCUT2D eigenvalue weighted by Crippen LogP contribution is 2.21. The van der Waals surface area contributed by atoms with Gasteiger partial charge in [-0.25, -0.2) is 0 Å². The molecule has 2 heterocycles. The summed E-state index contributed by atoms with van der Waals surface area (Å²) >= 11 is 1.58. The summed E-state index contributed by atoms with van der Waals surface area (Å²) in [6, 6.07) is 14.2. The fraction of sp³-hybridized carbons (Fsp3) is 0.389. The minimum atomic E-state index is 0.166. The lowest BCUT2D eigenvalue weighted by Gasteiger charge is -2.31. The molecule has 0 spiro atoms. The van der Waals surface area contributed by atoms with Gasteiger partial charge in [0.1, 0.15) is 0 Å². The van der Waals surface area contributed by atoms with E-state index in [0.717, 1.165) is 30.8 Å². The van der Waals surface area contributed by atoms with E-state index in [0.29, 0.717) is 6.61 Å². The summed E-state index contributed by atoms with van der Waals surface area (Å²) in [5, 5.41) is 0. The Morgan fingerprint density at radius 3 is 2.55 bits per heavy atom. The van der Waals surface area contributed by atoms with E-state index in [1.54, 1.807) is 11.3 Å². The third-order valence-corrected chi connectivity index (χ3v) is 5.00. The molecule has 0 N–H and O–H groups in total. The summed E-state index contributed by atoms with van der Waals surface area (Å²) in [5.41, 5.74) is 1.20. The van der Waals surface area contributed by atoms with E-state index >= 15 is 0 Å². The van der Waals surface area contributed by atoms with Crippen LogP contribution in [0.3, 0.4) is 0 Å². The van der Waals surface area contributed by atoms with Crippen molar-refractivity contribution in [2.75, 3.05) is 13.1 Å². The number of thiophene rings is 1. The van der Waals surface area contributed by atoms with Crippen molar-refractivity contribution in [3.05, 3.63) is 57.8 Å². The van der Waals surface area contributed by atoms with Gasteiger partial charge in [-0.1, -0.05) is 30.3 Å². The Morgan fingerprint density at radius 2 is 1.91 bits per heavy atom. The number of benzene rings is 1. The zero-order valence-electron chi connectivity index (χ0n) is 12.8. The highest BCUT2D eigenvalue weighted by Gasteiger charge is 2.24. The number of hydrogen-bond donors (Lipinski definition) is 0. The van der Waals surface area contributed by atoms with Gasteiger partial charge in [0.25, 0.3) is 5.91 Å². The molecule has 1 amide bonds. The van der Waals surface area contributed by atoms with Crippen LogP contribution in [0.2, 0.25) is 0 Å². The molecule has 0 aliphatic carbocycles. The first-order valence-corrected chi connectivity index (χ1v) is 8.55. The maximum Gasteiger partial charge on any atom is 0.263 e. The molecule has 0 saturated carbocycles. The van der Waals surface area contributed by atoms with Crippen molar-refractivity contribution in [1.29, 1.82) is 0 Å². The zero-order valence-corrected chi connectivity index (χ0v) is 13.6. The number of ether oxygens (including phenoxy) is 1. The molecule has 116 valence electrons. The molecule has 4 heteroatoms. The van der Waals surface area contributed by atoms with E-state index < -0.39 is 0 Å². The first-order valence-electron chi connectivity index (χ1n) is 7.73. The van der Waals surface area contributed by atoms with Gasteiger partial charge in [0, 0.05) is 18.0 Å². The minimum Gasteiger partial charge on any atom is -0.373 e. The summed E-state index contributed by atoms with van der Waals surface area (Å²) in [6.07, 6.45) is 2.10. The maximum atomic E-state index is 12.4. The highest BCUT2D eigenvalue weighted by atomic mass is 32.1. The molecule has 0 radical (unpaired) electrons. The number of amides is 1. The van der Waals surface area contributed by atoms with Gasteiger partial charge in [-0.15, -0.1) is 11.3 Å². The van der Waals surface area contributed by atoms with Gasteiger partial charge in [0.2, 0.25) is 0 Å². The molecular weight excluding hydrogens is 294 g/mol. The largest absolute Gasteiger partial charge is 0.373 e. The minimum absolute atomic E-state index is 0.166. The number of aryl methyl sites for hydroxylation is 1. The number of carbonyl (C=O) groups excluding carboxylic acids is 1. The molecule has 1 fully saturated rings. The van der Waals surface area contributed by atoms with Crippen molar-refractivity contribution in [3.63, 3.8) is 0 Å². The lowest BCUT2D eigenvalue weighted by atomic mass is 10.1. The summed E-state index contributed by atoms with van der Waals surface area (Å²) in [5.74, 6) is 0.166. The van der Waals surface area contributed by atoms with E-state index in [-0.39, 0.29) is 12.0 Å². The van der Waals surface area contributed by atoms with Crippen molar-refractivity contribution in [2.45, 2.75) is 32.5 Å². The number of nitrogens with zero attached hydrogens (tertiary/aromatic N) is 1. The number of piperidine rings is 1. The average Bonchev–Trinajstić information content (AvgIpc) is 3.00. The molecule has 2 aromatic rings. The Bertz CT molecular complexity index is 615. The normalized spacial score (nSPS) is 16.0. The summed E-state index contributed by atoms with van der Waals surface area (Å²) in [7, 11) is 0. The molecule has 0 unspecified atom stereocenters. The van der Waals surface area contributed by atoms with Gasteiger partial charge >= 0.3 is 0 Å². The number of likely N-dealkylation sites (tertiary alicyclic amines) is 1. The predicted octanol–water partition coefficient (Wildman–Crippen LogP) is 3.88. The van der Waals surface area contributed by atoms with Gasteiger partial charge in [0.15, 0.2) is 0 Å². The Balaban J connectivity index is 1.47. The Morgan fingerprint density at radius 1 is 1.18 bits per heavy atom. The fourth-order valence-electron chi connectivity index (χ4n) is 2.72. The second kappa shape index (κ2) is 7.07. The Hall–Kier alpha value is -1.65. The van der Waals surface area contributed by atoms with Gasteiger partial charge in [0.05, 0.1) is 17.6 Å². The quantitative estimate of drug-likeness (QED) is 0.857. The molecule has 1 aliphatic heterocycles. The maximum absolute atomic E-state index is 12.4. The molecular formula is C18H21NO2S. The molecule has 0 bridgehead atoms. The van der Waals surface area contributed by atoms with Crippen molar-refractivity contribution < 1.29 is 9.53 Å². The number of carbonyl (C=O) groups is 1. The van der Waals surface area contributed by atoms with Crippen LogP contribution in [0.4, 0.5) is 0 Å². The lowest BCUT2D eigenvalue weighted by Crippen LogP contribution is -2.40. The first-order chi connectivity index (χ1) is 10.7. The second-order valence-corrected chi connectivity index (χ2v) is 6.99. The van der Waals surface area contributed by atoms with Crippen LogP contribution < -0.4 is 0 Å². The van der Waals surface area contributed by atoms with Gasteiger partial charge in [-0.05, 0) is 37.5 Å². The first kappa shape index (κ1) is 15.3. The van der Waals surface area contributed by atoms with Crippen molar-refractivity contribution >= 4 is 17.2 Å². The molecule has 3 nitrogen and oxygen atoms in total. The van der Waals surface area contributed by atoms with Crippen LogP contribution in [0.5, 0.6) is 0 Å². The van der Waals surface area contributed by atoms with Gasteiger partial charge in [-0.2, -0.15) is 0 Å². The predicted molar refractivity (Wildman–Crippen MR) is 89.2 cm³/mol. The molecule has 0 atom stereocenters. The Labute approximate surface area is 135 Å². The average molecular weight is 315 g/mol. The van der Waals surface area contributed by atoms with Crippen LogP contribution >= 0.6 is 11.3 Å². The van der Waals surface area contributed by atoms with Gasteiger partial charge < -0.3 is 9.64 Å². The standard InChI is InChI=1S/C18H21NO2S/c1-14-7-8-17(22-14)18(20)19-11-9-16(10-12-19)21-13-15-5-3-2-4-6-15/h2-8,16H,9-13H2,1H3. The van der Waals surface area contributed by atoms with Crippen LogP contribution in [-0.4, -0.2) is 30.0 Å². The number of hydrogen-bond acceptors (Lipinski definition) is 3. The molecule has 1 aliphatic rings. The monoisotopic (exact) mass is 315 g/mol. The van der Waals surface area contributed by atoms with Crippen LogP contribution in [0, 0.1) is 6.92 Å². The third-order valence-electron chi connectivity index (χ3n) is 4.01. The molecule has 1 saturated heterocycles. The van der Waals surface area contributed by atoms with Crippen LogP contribution in [0.1, 0.15) is 33.0 Å².